The summed E-state index contributed by atoms with van der Waals surface area (Å²) in [5.41, 5.74) is 0.847. The minimum atomic E-state index is -3.68. The van der Waals surface area contributed by atoms with E-state index in [4.69, 9.17) is 16.3 Å². The van der Waals surface area contributed by atoms with Gasteiger partial charge in [-0.2, -0.15) is 0 Å². The van der Waals surface area contributed by atoms with Crippen LogP contribution < -0.4 is 14.4 Å². The van der Waals surface area contributed by atoms with Gasteiger partial charge in [0.25, 0.3) is 5.91 Å². The summed E-state index contributed by atoms with van der Waals surface area (Å²) in [6, 6.07) is 10.9. The minimum absolute atomic E-state index is 0.0471. The van der Waals surface area contributed by atoms with Gasteiger partial charge in [-0.25, -0.2) is 12.7 Å². The van der Waals surface area contributed by atoms with Crippen LogP contribution in [0.2, 0.25) is 5.02 Å². The summed E-state index contributed by atoms with van der Waals surface area (Å²) in [7, 11) is -3.68. The lowest BCUT2D eigenvalue weighted by atomic mass is 10.1. The zero-order valence-electron chi connectivity index (χ0n) is 14.4. The van der Waals surface area contributed by atoms with Gasteiger partial charge in [0.2, 0.25) is 15.9 Å². The second-order valence-electron chi connectivity index (χ2n) is 5.80. The van der Waals surface area contributed by atoms with E-state index in [1.807, 2.05) is 6.92 Å². The van der Waals surface area contributed by atoms with Crippen molar-refractivity contribution in [2.45, 2.75) is 13.3 Å². The van der Waals surface area contributed by atoms with Crippen LogP contribution in [0.4, 0.5) is 11.4 Å². The van der Waals surface area contributed by atoms with Crippen molar-refractivity contribution in [2.24, 2.45) is 0 Å². The molecular formula is C18H17ClN2O5S. The average Bonchev–Trinajstić information content (AvgIpc) is 2.89. The quantitative estimate of drug-likeness (QED) is 0.820. The summed E-state index contributed by atoms with van der Waals surface area (Å²) in [5, 5.41) is 2.75. The maximum absolute atomic E-state index is 12.4. The molecule has 0 aliphatic carbocycles. The number of carbonyl (C=O) groups is 2. The lowest BCUT2D eigenvalue weighted by Gasteiger charge is -2.16. The SMILES string of the molecule is CCOc1ccc(NC(=O)c2ccc(N3C(=O)CCS3(=O)=O)cc2Cl)cc1. The molecular weight excluding hydrogens is 392 g/mol. The minimum Gasteiger partial charge on any atom is -0.494 e. The maximum Gasteiger partial charge on any atom is 0.257 e. The fourth-order valence-corrected chi connectivity index (χ4v) is 4.39. The van der Waals surface area contributed by atoms with E-state index in [9.17, 15) is 18.0 Å². The first-order valence-corrected chi connectivity index (χ1v) is 10.2. The summed E-state index contributed by atoms with van der Waals surface area (Å²) in [4.78, 5) is 24.3. The third-order valence-electron chi connectivity index (χ3n) is 3.93. The van der Waals surface area contributed by atoms with Crippen molar-refractivity contribution in [3.05, 3.63) is 53.1 Å². The molecule has 27 heavy (non-hydrogen) atoms. The van der Waals surface area contributed by atoms with Gasteiger partial charge in [-0.3, -0.25) is 9.59 Å². The smallest absolute Gasteiger partial charge is 0.257 e. The van der Waals surface area contributed by atoms with Gasteiger partial charge < -0.3 is 10.1 Å². The molecule has 142 valence electrons. The summed E-state index contributed by atoms with van der Waals surface area (Å²) < 4.78 is 30.1. The molecule has 0 spiro atoms. The van der Waals surface area contributed by atoms with Crippen molar-refractivity contribution in [3.63, 3.8) is 0 Å². The van der Waals surface area contributed by atoms with Gasteiger partial charge in [0.15, 0.2) is 0 Å². The molecule has 1 fully saturated rings. The molecule has 7 nitrogen and oxygen atoms in total. The highest BCUT2D eigenvalue weighted by molar-refractivity contribution is 7.94. The predicted molar refractivity (Wildman–Crippen MR) is 103 cm³/mol. The average molecular weight is 409 g/mol. The molecule has 2 amide bonds. The van der Waals surface area contributed by atoms with E-state index in [2.05, 4.69) is 5.32 Å². The van der Waals surface area contributed by atoms with Gasteiger partial charge >= 0.3 is 0 Å². The Morgan fingerprint density at radius 1 is 1.22 bits per heavy atom. The number of halogens is 1. The van der Waals surface area contributed by atoms with Crippen LogP contribution >= 0.6 is 11.6 Å². The van der Waals surface area contributed by atoms with Crippen LogP contribution in [0.15, 0.2) is 42.5 Å². The van der Waals surface area contributed by atoms with Crippen molar-refractivity contribution in [1.82, 2.24) is 0 Å². The van der Waals surface area contributed by atoms with Crippen molar-refractivity contribution in [1.29, 1.82) is 0 Å². The lowest BCUT2D eigenvalue weighted by Crippen LogP contribution is -2.29. The second-order valence-corrected chi connectivity index (χ2v) is 8.14. The van der Waals surface area contributed by atoms with Crippen molar-refractivity contribution in [3.8, 4) is 5.75 Å². The number of nitrogens with one attached hydrogen (secondary N) is 1. The first-order valence-electron chi connectivity index (χ1n) is 8.21. The highest BCUT2D eigenvalue weighted by Crippen LogP contribution is 2.30. The largest absolute Gasteiger partial charge is 0.494 e. The van der Waals surface area contributed by atoms with E-state index in [-0.39, 0.29) is 28.4 Å². The standard InChI is InChI=1S/C18H17ClN2O5S/c1-2-26-14-6-3-12(4-7-14)20-18(23)15-8-5-13(11-16(15)19)21-17(22)9-10-27(21,24)25/h3-8,11H,2,9-10H2,1H3,(H,20,23). The van der Waals surface area contributed by atoms with E-state index < -0.39 is 21.8 Å². The fraction of sp³-hybridized carbons (Fsp3) is 0.222. The Balaban J connectivity index is 1.79. The molecule has 0 saturated carbocycles. The van der Waals surface area contributed by atoms with E-state index in [0.29, 0.717) is 18.0 Å². The van der Waals surface area contributed by atoms with E-state index >= 15 is 0 Å². The number of anilines is 2. The Labute approximate surface area is 161 Å². The van der Waals surface area contributed by atoms with Crippen LogP contribution in [0, 0.1) is 0 Å². The number of hydrogen-bond donors (Lipinski definition) is 1. The van der Waals surface area contributed by atoms with Gasteiger partial charge in [0.05, 0.1) is 28.6 Å². The van der Waals surface area contributed by atoms with Crippen LogP contribution in [0.5, 0.6) is 5.75 Å². The van der Waals surface area contributed by atoms with Gasteiger partial charge in [0, 0.05) is 12.1 Å². The molecule has 2 aromatic carbocycles. The first kappa shape index (κ1) is 19.2. The summed E-state index contributed by atoms with van der Waals surface area (Å²) >= 11 is 6.16. The Bertz CT molecular complexity index is 989. The number of ether oxygens (including phenoxy) is 1. The van der Waals surface area contributed by atoms with E-state index in [1.165, 1.54) is 18.2 Å². The summed E-state index contributed by atoms with van der Waals surface area (Å²) in [6.45, 7) is 2.42. The van der Waals surface area contributed by atoms with E-state index in [1.54, 1.807) is 24.3 Å². The van der Waals surface area contributed by atoms with Crippen LogP contribution in [0.3, 0.4) is 0 Å². The monoisotopic (exact) mass is 408 g/mol. The van der Waals surface area contributed by atoms with Crippen LogP contribution in [0.1, 0.15) is 23.7 Å². The third kappa shape index (κ3) is 4.06. The molecule has 3 rings (SSSR count). The number of benzene rings is 2. The Hall–Kier alpha value is -2.58. The molecule has 0 aromatic heterocycles. The van der Waals surface area contributed by atoms with Crippen LogP contribution in [-0.2, 0) is 14.8 Å². The number of sulfonamides is 1. The number of amides is 2. The first-order chi connectivity index (χ1) is 12.8. The number of nitrogens with zero attached hydrogens (tertiary/aromatic N) is 1. The summed E-state index contributed by atoms with van der Waals surface area (Å²) in [5.74, 6) is -0.512. The predicted octanol–water partition coefficient (Wildman–Crippen LogP) is 3.06. The zero-order valence-corrected chi connectivity index (χ0v) is 16.0. The van der Waals surface area contributed by atoms with Crippen LogP contribution in [0.25, 0.3) is 0 Å². The zero-order chi connectivity index (χ0) is 19.6. The maximum atomic E-state index is 12.4. The lowest BCUT2D eigenvalue weighted by molar-refractivity contribution is -0.116. The molecule has 1 aliphatic rings. The van der Waals surface area contributed by atoms with Crippen LogP contribution in [-0.4, -0.2) is 32.6 Å². The molecule has 1 aliphatic heterocycles. The Morgan fingerprint density at radius 2 is 1.93 bits per heavy atom. The fourth-order valence-electron chi connectivity index (χ4n) is 2.68. The third-order valence-corrected chi connectivity index (χ3v) is 5.94. The van der Waals surface area contributed by atoms with Crippen molar-refractivity contribution in [2.75, 3.05) is 22.0 Å². The van der Waals surface area contributed by atoms with Gasteiger partial charge in [-0.05, 0) is 49.4 Å². The summed E-state index contributed by atoms with van der Waals surface area (Å²) in [6.07, 6.45) is -0.0695. The van der Waals surface area contributed by atoms with Crippen molar-refractivity contribution < 1.29 is 22.7 Å². The van der Waals surface area contributed by atoms with Gasteiger partial charge in [-0.15, -0.1) is 0 Å². The van der Waals surface area contributed by atoms with Gasteiger partial charge in [0.1, 0.15) is 5.75 Å². The van der Waals surface area contributed by atoms with E-state index in [0.717, 1.165) is 4.31 Å². The molecule has 0 atom stereocenters. The molecule has 1 heterocycles. The van der Waals surface area contributed by atoms with Crippen molar-refractivity contribution >= 4 is 44.8 Å². The van der Waals surface area contributed by atoms with Gasteiger partial charge in [-0.1, -0.05) is 11.6 Å². The normalized spacial score (nSPS) is 15.6. The number of rotatable bonds is 5. The number of hydrogen-bond acceptors (Lipinski definition) is 5. The Morgan fingerprint density at radius 3 is 2.48 bits per heavy atom. The highest BCUT2D eigenvalue weighted by Gasteiger charge is 2.36. The molecule has 2 aromatic rings. The molecule has 9 heteroatoms. The Kier molecular flexibility index (Phi) is 5.38. The molecule has 0 radical (unpaired) electrons. The molecule has 0 unspecified atom stereocenters. The molecule has 0 bridgehead atoms. The molecule has 1 saturated heterocycles. The number of carbonyl (C=O) groups excluding carboxylic acids is 2. The molecule has 1 N–H and O–H groups in total. The second kappa shape index (κ2) is 7.58. The highest BCUT2D eigenvalue weighted by atomic mass is 35.5. The topological polar surface area (TPSA) is 92.8 Å².